The van der Waals surface area contributed by atoms with Crippen LogP contribution in [-0.4, -0.2) is 26.2 Å². The van der Waals surface area contributed by atoms with Gasteiger partial charge in [0.2, 0.25) is 0 Å². The van der Waals surface area contributed by atoms with Crippen LogP contribution in [-0.2, 0) is 14.3 Å². The molecule has 0 aliphatic rings. The highest BCUT2D eigenvalue weighted by atomic mass is 32.1. The molecule has 0 aromatic carbocycles. The van der Waals surface area contributed by atoms with Crippen LogP contribution in [0.3, 0.4) is 0 Å². The number of hydrogen-bond acceptors (Lipinski definition) is 5. The van der Waals surface area contributed by atoms with Gasteiger partial charge >= 0.3 is 5.97 Å². The molecular weight excluding hydrogens is 286 g/mol. The summed E-state index contributed by atoms with van der Waals surface area (Å²) in [5, 5.41) is 2.99. The van der Waals surface area contributed by atoms with Gasteiger partial charge in [-0.3, -0.25) is 0 Å². The second kappa shape index (κ2) is 10.2. The molecule has 0 saturated carbocycles. The first-order valence-electron chi connectivity index (χ1n) is 6.77. The highest BCUT2D eigenvalue weighted by molar-refractivity contribution is 7.84. The molecule has 4 nitrogen and oxygen atoms in total. The average molecular weight is 311 g/mol. The van der Waals surface area contributed by atoms with Gasteiger partial charge in [-0.15, -0.1) is 12.6 Å². The zero-order valence-corrected chi connectivity index (χ0v) is 14.3. The Morgan fingerprint density at radius 2 is 1.95 bits per heavy atom. The summed E-state index contributed by atoms with van der Waals surface area (Å²) in [5.74, 6) is 0.119. The van der Waals surface area contributed by atoms with Gasteiger partial charge in [-0.1, -0.05) is 12.7 Å². The minimum atomic E-state index is -0.345. The predicted molar refractivity (Wildman–Crippen MR) is 90.0 cm³/mol. The molecule has 1 N–H and O–H groups in total. The van der Waals surface area contributed by atoms with Gasteiger partial charge in [-0.2, -0.15) is 0 Å². The van der Waals surface area contributed by atoms with Crippen LogP contribution in [0, 0.1) is 0 Å². The lowest BCUT2D eigenvalue weighted by Crippen LogP contribution is -2.09. The molecule has 21 heavy (non-hydrogen) atoms. The number of nitrogens with one attached hydrogen (secondary N) is 1. The number of allylic oxidation sites excluding steroid dienone is 3. The van der Waals surface area contributed by atoms with Crippen LogP contribution in [0.2, 0.25) is 0 Å². The lowest BCUT2D eigenvalue weighted by molar-refractivity contribution is -0.138. The zero-order valence-electron chi connectivity index (χ0n) is 13.4. The normalized spacial score (nSPS) is 13.4. The molecule has 0 aliphatic heterocycles. The molecule has 0 spiro atoms. The Hall–Kier alpha value is -1.62. The Balaban J connectivity index is 4.76. The van der Waals surface area contributed by atoms with Gasteiger partial charge in [0.25, 0.3) is 0 Å². The van der Waals surface area contributed by atoms with Crippen molar-refractivity contribution in [3.05, 3.63) is 46.2 Å². The predicted octanol–water partition coefficient (Wildman–Crippen LogP) is 3.35. The number of hydrogen-bond donors (Lipinski definition) is 2. The fraction of sp³-hybridized carbons (Fsp3) is 0.438. The van der Waals surface area contributed by atoms with Gasteiger partial charge < -0.3 is 14.8 Å². The van der Waals surface area contributed by atoms with E-state index in [1.54, 1.807) is 26.0 Å². The zero-order chi connectivity index (χ0) is 16.4. The Morgan fingerprint density at radius 3 is 2.43 bits per heavy atom. The quantitative estimate of drug-likeness (QED) is 0.237. The average Bonchev–Trinajstić information content (AvgIpc) is 2.44. The second-order valence-corrected chi connectivity index (χ2v) is 4.87. The summed E-state index contributed by atoms with van der Waals surface area (Å²) in [6.45, 7) is 11.8. The third-order valence-electron chi connectivity index (χ3n) is 2.79. The highest BCUT2D eigenvalue weighted by Gasteiger charge is 2.11. The molecule has 0 aromatic heterocycles. The minimum Gasteiger partial charge on any atom is -0.489 e. The third kappa shape index (κ3) is 7.09. The summed E-state index contributed by atoms with van der Waals surface area (Å²) in [6.07, 6.45) is 3.42. The molecule has 0 amide bonds. The van der Waals surface area contributed by atoms with E-state index < -0.39 is 0 Å². The lowest BCUT2D eigenvalue weighted by Gasteiger charge is -2.11. The summed E-state index contributed by atoms with van der Waals surface area (Å²) < 4.78 is 10.5. The molecular formula is C16H25NO3S. The van der Waals surface area contributed by atoms with Crippen LogP contribution in [0.4, 0.5) is 0 Å². The molecule has 0 radical (unpaired) electrons. The van der Waals surface area contributed by atoms with Gasteiger partial charge in [0, 0.05) is 17.6 Å². The Bertz CT molecular complexity index is 476. The first-order valence-corrected chi connectivity index (χ1v) is 7.22. The molecule has 0 heterocycles. The van der Waals surface area contributed by atoms with Crippen LogP contribution in [0.25, 0.3) is 0 Å². The molecule has 0 aliphatic carbocycles. The Kier molecular flexibility index (Phi) is 9.37. The lowest BCUT2D eigenvalue weighted by atomic mass is 10.1. The van der Waals surface area contributed by atoms with Gasteiger partial charge in [0.05, 0.1) is 12.2 Å². The van der Waals surface area contributed by atoms with Crippen molar-refractivity contribution in [1.82, 2.24) is 5.32 Å². The van der Waals surface area contributed by atoms with Crippen molar-refractivity contribution < 1.29 is 14.3 Å². The van der Waals surface area contributed by atoms with Crippen LogP contribution in [0.15, 0.2) is 46.2 Å². The van der Waals surface area contributed by atoms with Crippen molar-refractivity contribution in [1.29, 1.82) is 0 Å². The van der Waals surface area contributed by atoms with Crippen LogP contribution in [0.5, 0.6) is 0 Å². The molecule has 0 atom stereocenters. The second-order valence-electron chi connectivity index (χ2n) is 4.33. The van der Waals surface area contributed by atoms with E-state index >= 15 is 0 Å². The Morgan fingerprint density at radius 1 is 1.33 bits per heavy atom. The van der Waals surface area contributed by atoms with E-state index in [4.69, 9.17) is 9.47 Å². The van der Waals surface area contributed by atoms with E-state index in [1.165, 1.54) is 0 Å². The molecule has 0 aromatic rings. The number of ether oxygens (including phenoxy) is 2. The van der Waals surface area contributed by atoms with E-state index in [-0.39, 0.29) is 5.97 Å². The van der Waals surface area contributed by atoms with Crippen molar-refractivity contribution in [2.75, 3.05) is 20.3 Å². The topological polar surface area (TPSA) is 47.6 Å². The maximum absolute atomic E-state index is 11.8. The van der Waals surface area contributed by atoms with E-state index in [0.29, 0.717) is 24.5 Å². The molecule has 0 unspecified atom stereocenters. The van der Waals surface area contributed by atoms with Crippen LogP contribution in [0.1, 0.15) is 27.7 Å². The van der Waals surface area contributed by atoms with Crippen molar-refractivity contribution in [2.45, 2.75) is 27.7 Å². The molecule has 0 fully saturated rings. The number of carbonyl (C=O) groups is 1. The minimum absolute atomic E-state index is 0.322. The van der Waals surface area contributed by atoms with Gasteiger partial charge in [-0.05, 0) is 39.3 Å². The van der Waals surface area contributed by atoms with Crippen molar-refractivity contribution in [3.8, 4) is 0 Å². The van der Waals surface area contributed by atoms with Crippen molar-refractivity contribution >= 4 is 18.6 Å². The fourth-order valence-corrected chi connectivity index (χ4v) is 1.67. The van der Waals surface area contributed by atoms with Crippen LogP contribution < -0.4 is 5.32 Å². The standard InChI is InChI=1S/C16H25NO3S/c1-7-14(16(18)19-8-2)11(3)9-12(4)20-10-15(21)13(5)17-6/h7,9,17,21H,4,8,10H2,1-3,5-6H3/b11-9+,14-7-,15-13-. The summed E-state index contributed by atoms with van der Waals surface area (Å²) in [5.41, 5.74) is 2.19. The fourth-order valence-electron chi connectivity index (χ4n) is 1.49. The number of rotatable bonds is 8. The largest absolute Gasteiger partial charge is 0.489 e. The maximum atomic E-state index is 11.8. The van der Waals surface area contributed by atoms with Crippen molar-refractivity contribution in [2.24, 2.45) is 0 Å². The highest BCUT2D eigenvalue weighted by Crippen LogP contribution is 2.15. The van der Waals surface area contributed by atoms with Gasteiger partial charge in [-0.25, -0.2) is 4.79 Å². The number of esters is 1. The first-order chi connectivity index (χ1) is 9.87. The van der Waals surface area contributed by atoms with E-state index in [0.717, 1.165) is 16.2 Å². The molecule has 0 saturated heterocycles. The van der Waals surface area contributed by atoms with E-state index in [9.17, 15) is 4.79 Å². The SMILES string of the molecule is C=C(/C=C(C)/C(=C/C)C(=O)OCC)OC/C(S)=C(\C)NC. The maximum Gasteiger partial charge on any atom is 0.338 e. The number of thiol groups is 1. The van der Waals surface area contributed by atoms with Crippen LogP contribution >= 0.6 is 12.6 Å². The van der Waals surface area contributed by atoms with Gasteiger partial charge in [0.15, 0.2) is 0 Å². The monoisotopic (exact) mass is 311 g/mol. The molecule has 5 heteroatoms. The van der Waals surface area contributed by atoms with E-state index in [1.807, 2.05) is 20.9 Å². The summed E-state index contributed by atoms with van der Waals surface area (Å²) in [7, 11) is 1.82. The smallest absolute Gasteiger partial charge is 0.338 e. The van der Waals surface area contributed by atoms with Gasteiger partial charge in [0.1, 0.15) is 12.4 Å². The molecule has 118 valence electrons. The first kappa shape index (κ1) is 19.4. The Labute approximate surface area is 133 Å². The number of carbonyl (C=O) groups excluding carboxylic acids is 1. The van der Waals surface area contributed by atoms with Crippen molar-refractivity contribution in [3.63, 3.8) is 0 Å². The summed E-state index contributed by atoms with van der Waals surface area (Å²) >= 11 is 4.33. The summed E-state index contributed by atoms with van der Waals surface area (Å²) in [4.78, 5) is 12.6. The molecule has 0 bridgehead atoms. The van der Waals surface area contributed by atoms with E-state index in [2.05, 4.69) is 24.5 Å². The summed E-state index contributed by atoms with van der Waals surface area (Å²) in [6, 6.07) is 0. The third-order valence-corrected chi connectivity index (χ3v) is 3.25. The molecule has 0 rings (SSSR count).